The first-order chi connectivity index (χ1) is 20.9. The van der Waals surface area contributed by atoms with Gasteiger partial charge in [0.2, 0.25) is 0 Å². The topological polar surface area (TPSA) is 131 Å². The number of nitrogens with zero attached hydrogens (tertiary/aromatic N) is 1. The highest BCUT2D eigenvalue weighted by Crippen LogP contribution is 2.46. The molecule has 1 saturated carbocycles. The molecule has 2 N–H and O–H groups in total. The van der Waals surface area contributed by atoms with Gasteiger partial charge in [0.1, 0.15) is 5.60 Å². The largest absolute Gasteiger partial charge is 0.479 e. The van der Waals surface area contributed by atoms with Crippen LogP contribution in [0.1, 0.15) is 72.9 Å². The van der Waals surface area contributed by atoms with E-state index in [0.29, 0.717) is 20.7 Å². The van der Waals surface area contributed by atoms with Crippen molar-refractivity contribution in [3.8, 4) is 16.2 Å². The number of benzene rings is 2. The van der Waals surface area contributed by atoms with E-state index in [-0.39, 0.29) is 28.3 Å². The minimum atomic E-state index is -1.04. The van der Waals surface area contributed by atoms with Crippen LogP contribution in [0.5, 0.6) is 5.75 Å². The van der Waals surface area contributed by atoms with E-state index in [1.54, 1.807) is 37.8 Å². The Hall–Kier alpha value is -3.90. The van der Waals surface area contributed by atoms with Crippen molar-refractivity contribution in [1.82, 2.24) is 0 Å². The number of rotatable bonds is 9. The van der Waals surface area contributed by atoms with Crippen molar-refractivity contribution in [3.05, 3.63) is 63.4 Å². The Kier molecular flexibility index (Phi) is 10.7. The fraction of sp³-hybridized carbons (Fsp3) is 0.375. The fourth-order valence-corrected chi connectivity index (χ4v) is 6.92. The van der Waals surface area contributed by atoms with Crippen molar-refractivity contribution in [3.63, 3.8) is 0 Å². The average Bonchev–Trinajstić information content (AvgIpc) is 3.31. The van der Waals surface area contributed by atoms with Gasteiger partial charge in [0, 0.05) is 17.4 Å². The molecule has 2 aromatic carbocycles. The number of aromatic carboxylic acids is 1. The van der Waals surface area contributed by atoms with Crippen LogP contribution in [0, 0.1) is 0 Å². The van der Waals surface area contributed by atoms with Gasteiger partial charge in [-0.1, -0.05) is 31.4 Å². The molecule has 0 unspecified atom stereocenters. The van der Waals surface area contributed by atoms with Gasteiger partial charge < -0.3 is 24.6 Å². The molecule has 10 nitrogen and oxygen atoms in total. The zero-order valence-corrected chi connectivity index (χ0v) is 27.4. The number of esters is 2. The molecule has 1 heterocycles. The zero-order chi connectivity index (χ0) is 32.0. The maximum atomic E-state index is 13.7. The molecule has 1 aliphatic carbocycles. The normalized spacial score (nSPS) is 13.6. The van der Waals surface area contributed by atoms with Crippen molar-refractivity contribution in [2.75, 3.05) is 23.9 Å². The predicted octanol–water partition coefficient (Wildman–Crippen LogP) is 7.75. The highest BCUT2D eigenvalue weighted by atomic mass is 79.9. The van der Waals surface area contributed by atoms with Gasteiger partial charge in [-0.15, -0.1) is 11.3 Å². The molecule has 3 aromatic rings. The smallest absolute Gasteiger partial charge is 0.351 e. The lowest BCUT2D eigenvalue weighted by Gasteiger charge is -2.34. The van der Waals surface area contributed by atoms with Gasteiger partial charge >= 0.3 is 23.9 Å². The molecule has 0 atom stereocenters. The zero-order valence-electron chi connectivity index (χ0n) is 25.0. The molecule has 0 spiro atoms. The van der Waals surface area contributed by atoms with Crippen LogP contribution in [0.4, 0.5) is 16.2 Å². The maximum Gasteiger partial charge on any atom is 0.351 e. The van der Waals surface area contributed by atoms with E-state index < -0.39 is 30.1 Å². The maximum absolute atomic E-state index is 13.7. The summed E-state index contributed by atoms with van der Waals surface area (Å²) >= 11 is 4.71. The SMILES string of the molecule is COC(=O)c1sc(-c2cccc(N(C(=O)Nc3ccc(C(=O)O)cc3)C3CCCCC3)c2)c(Br)c1OCC(=O)OC(C)(C)C. The van der Waals surface area contributed by atoms with Crippen LogP contribution in [-0.4, -0.2) is 54.4 Å². The van der Waals surface area contributed by atoms with Crippen molar-refractivity contribution in [2.24, 2.45) is 0 Å². The second kappa shape index (κ2) is 14.3. The number of anilines is 2. The molecule has 0 bridgehead atoms. The minimum Gasteiger partial charge on any atom is -0.479 e. The van der Waals surface area contributed by atoms with Crippen LogP contribution >= 0.6 is 27.3 Å². The third-order valence-corrected chi connectivity index (χ3v) is 9.08. The lowest BCUT2D eigenvalue weighted by atomic mass is 9.93. The molecule has 234 valence electrons. The Morgan fingerprint density at radius 2 is 1.73 bits per heavy atom. The van der Waals surface area contributed by atoms with Crippen molar-refractivity contribution in [2.45, 2.75) is 64.5 Å². The van der Waals surface area contributed by atoms with E-state index in [1.165, 1.54) is 19.2 Å². The van der Waals surface area contributed by atoms with Gasteiger partial charge in [-0.25, -0.2) is 19.2 Å². The minimum absolute atomic E-state index is 0.0394. The van der Waals surface area contributed by atoms with E-state index in [2.05, 4.69) is 21.2 Å². The summed E-state index contributed by atoms with van der Waals surface area (Å²) in [5.74, 6) is -2.08. The van der Waals surface area contributed by atoms with Crippen molar-refractivity contribution >= 4 is 62.6 Å². The summed E-state index contributed by atoms with van der Waals surface area (Å²) in [5.41, 5.74) is 1.29. The van der Waals surface area contributed by atoms with E-state index in [4.69, 9.17) is 14.2 Å². The first kappa shape index (κ1) is 33.0. The molecule has 1 aliphatic rings. The summed E-state index contributed by atoms with van der Waals surface area (Å²) in [6.07, 6.45) is 4.78. The molecular weight excluding hydrogens is 652 g/mol. The lowest BCUT2D eigenvalue weighted by molar-refractivity contribution is -0.157. The summed E-state index contributed by atoms with van der Waals surface area (Å²) in [6.45, 7) is 4.85. The van der Waals surface area contributed by atoms with E-state index >= 15 is 0 Å². The molecular formula is C32H35BrN2O8S. The number of halogens is 1. The Labute approximate surface area is 268 Å². The number of carboxylic acid groups (broad SMARTS) is 1. The Morgan fingerprint density at radius 3 is 2.34 bits per heavy atom. The number of amides is 2. The number of carbonyl (C=O) groups excluding carboxylic acids is 3. The third kappa shape index (κ3) is 8.17. The number of methoxy groups -OCH3 is 1. The number of hydrogen-bond acceptors (Lipinski definition) is 8. The van der Waals surface area contributed by atoms with Gasteiger partial charge in [-0.3, -0.25) is 4.90 Å². The number of nitrogens with one attached hydrogen (secondary N) is 1. The second-order valence-corrected chi connectivity index (χ2v) is 13.1. The second-order valence-electron chi connectivity index (χ2n) is 11.3. The molecule has 44 heavy (non-hydrogen) atoms. The summed E-state index contributed by atoms with van der Waals surface area (Å²) in [7, 11) is 1.27. The Balaban J connectivity index is 1.67. The van der Waals surface area contributed by atoms with Crippen molar-refractivity contribution in [1.29, 1.82) is 0 Å². The van der Waals surface area contributed by atoms with Gasteiger partial charge in [0.05, 0.1) is 22.0 Å². The number of carboxylic acids is 1. The molecule has 4 rings (SSSR count). The molecule has 1 aromatic heterocycles. The number of urea groups is 1. The number of hydrogen-bond donors (Lipinski definition) is 2. The van der Waals surface area contributed by atoms with Gasteiger partial charge in [-0.2, -0.15) is 0 Å². The molecule has 1 fully saturated rings. The Bertz CT molecular complexity index is 1520. The van der Waals surface area contributed by atoms with Crippen LogP contribution in [0.15, 0.2) is 53.0 Å². The van der Waals surface area contributed by atoms with Crippen molar-refractivity contribution < 1.29 is 38.5 Å². The van der Waals surface area contributed by atoms with Gasteiger partial charge in [-0.05, 0) is 91.5 Å². The van der Waals surface area contributed by atoms with E-state index in [0.717, 1.165) is 49.0 Å². The van der Waals surface area contributed by atoms with Crippen LogP contribution in [-0.2, 0) is 14.3 Å². The quantitative estimate of drug-likeness (QED) is 0.218. The van der Waals surface area contributed by atoms with E-state index in [9.17, 15) is 24.3 Å². The highest BCUT2D eigenvalue weighted by molar-refractivity contribution is 9.10. The van der Waals surface area contributed by atoms with Crippen LogP contribution in [0.3, 0.4) is 0 Å². The monoisotopic (exact) mass is 686 g/mol. The summed E-state index contributed by atoms with van der Waals surface area (Å²) in [6, 6.07) is 13.1. The third-order valence-electron chi connectivity index (χ3n) is 6.86. The summed E-state index contributed by atoms with van der Waals surface area (Å²) < 4.78 is 16.6. The number of carbonyl (C=O) groups is 4. The van der Waals surface area contributed by atoms with Crippen LogP contribution in [0.2, 0.25) is 0 Å². The summed E-state index contributed by atoms with van der Waals surface area (Å²) in [4.78, 5) is 52.6. The van der Waals surface area contributed by atoms with Crippen LogP contribution in [0.25, 0.3) is 10.4 Å². The average molecular weight is 688 g/mol. The Morgan fingerprint density at radius 1 is 1.05 bits per heavy atom. The molecule has 0 radical (unpaired) electrons. The number of ether oxygens (including phenoxy) is 3. The first-order valence-corrected chi connectivity index (χ1v) is 15.8. The highest BCUT2D eigenvalue weighted by Gasteiger charge is 2.30. The molecule has 0 aliphatic heterocycles. The summed E-state index contributed by atoms with van der Waals surface area (Å²) in [5, 5.41) is 12.1. The van der Waals surface area contributed by atoms with Gasteiger partial charge in [0.15, 0.2) is 17.2 Å². The standard InChI is InChI=1S/C32H35BrN2O8S/c1-32(2,3)43-24(36)18-42-26-25(33)27(44-28(26)30(39)41-4)20-9-8-12-23(17-20)35(22-10-6-5-7-11-22)31(40)34-21-15-13-19(14-16-21)29(37)38/h8-9,12-17,22H,5-7,10-11,18H2,1-4H3,(H,34,40)(H,37,38). The van der Waals surface area contributed by atoms with Gasteiger partial charge in [0.25, 0.3) is 0 Å². The van der Waals surface area contributed by atoms with Crippen LogP contribution < -0.4 is 15.0 Å². The molecule has 2 amide bonds. The number of thiophene rings is 1. The predicted molar refractivity (Wildman–Crippen MR) is 172 cm³/mol. The first-order valence-electron chi connectivity index (χ1n) is 14.2. The lowest BCUT2D eigenvalue weighted by Crippen LogP contribution is -2.44. The molecule has 0 saturated heterocycles. The van der Waals surface area contributed by atoms with E-state index in [1.807, 2.05) is 24.3 Å². The fourth-order valence-electron chi connectivity index (χ4n) is 4.95. The molecule has 12 heteroatoms.